The number of carbonyl (C=O) groups excluding carboxylic acids is 1. The van der Waals surface area contributed by atoms with Gasteiger partial charge in [0.15, 0.2) is 0 Å². The predicted octanol–water partition coefficient (Wildman–Crippen LogP) is 1.95. The Bertz CT molecular complexity index is 748. The van der Waals surface area contributed by atoms with Crippen LogP contribution in [0, 0.1) is 0 Å². The number of carbonyl (C=O) groups is 1. The van der Waals surface area contributed by atoms with Gasteiger partial charge in [0.2, 0.25) is 0 Å². The highest BCUT2D eigenvalue weighted by Crippen LogP contribution is 2.29. The fraction of sp³-hybridized carbons (Fsp3) is 0.368. The number of nitrogens with zero attached hydrogens (tertiary/aromatic N) is 3. The van der Waals surface area contributed by atoms with Gasteiger partial charge in [-0.15, -0.1) is 0 Å². The van der Waals surface area contributed by atoms with Crippen molar-refractivity contribution < 1.29 is 9.90 Å². The van der Waals surface area contributed by atoms with Gasteiger partial charge in [-0.1, -0.05) is 30.3 Å². The molecule has 0 saturated heterocycles. The highest BCUT2D eigenvalue weighted by atomic mass is 16.3. The molecule has 0 bridgehead atoms. The van der Waals surface area contributed by atoms with Gasteiger partial charge in [0.25, 0.3) is 0 Å². The van der Waals surface area contributed by atoms with Crippen LogP contribution in [0.15, 0.2) is 42.6 Å². The number of anilines is 1. The van der Waals surface area contributed by atoms with Crippen LogP contribution in [0.5, 0.6) is 0 Å². The first-order valence-electron chi connectivity index (χ1n) is 8.46. The van der Waals surface area contributed by atoms with Crippen LogP contribution in [-0.2, 0) is 13.0 Å². The Kier molecular flexibility index (Phi) is 5.19. The Hall–Kier alpha value is -2.60. The summed E-state index contributed by atoms with van der Waals surface area (Å²) in [5, 5.41) is 12.8. The van der Waals surface area contributed by atoms with E-state index in [0.29, 0.717) is 13.1 Å². The number of aliphatic hydroxyl groups is 1. The van der Waals surface area contributed by atoms with E-state index in [-0.39, 0.29) is 18.7 Å². The van der Waals surface area contributed by atoms with E-state index in [2.05, 4.69) is 16.4 Å². The topological polar surface area (TPSA) is 68.7 Å². The summed E-state index contributed by atoms with van der Waals surface area (Å²) in [4.78, 5) is 20.7. The number of hydrogen-bond donors (Lipinski definition) is 2. The molecular weight excluding hydrogens is 316 g/mol. The van der Waals surface area contributed by atoms with E-state index in [1.807, 2.05) is 49.3 Å². The number of amides is 2. The molecule has 0 unspecified atom stereocenters. The number of hydrogen-bond acceptors (Lipinski definition) is 4. The van der Waals surface area contributed by atoms with Crippen molar-refractivity contribution in [1.29, 1.82) is 0 Å². The molecule has 2 aromatic rings. The maximum atomic E-state index is 12.7. The third kappa shape index (κ3) is 3.58. The van der Waals surface area contributed by atoms with E-state index in [4.69, 9.17) is 0 Å². The van der Waals surface area contributed by atoms with E-state index in [9.17, 15) is 9.90 Å². The molecule has 1 atom stereocenters. The number of pyridine rings is 1. The molecule has 1 aromatic heterocycles. The molecule has 2 amide bonds. The first kappa shape index (κ1) is 17.2. The van der Waals surface area contributed by atoms with E-state index in [1.165, 1.54) is 5.56 Å². The van der Waals surface area contributed by atoms with Crippen molar-refractivity contribution in [1.82, 2.24) is 15.2 Å². The minimum Gasteiger partial charge on any atom is -0.394 e. The average molecular weight is 340 g/mol. The lowest BCUT2D eigenvalue weighted by atomic mass is 9.93. The molecule has 6 nitrogen and oxygen atoms in total. The van der Waals surface area contributed by atoms with E-state index >= 15 is 0 Å². The van der Waals surface area contributed by atoms with Crippen LogP contribution in [0.25, 0.3) is 0 Å². The van der Waals surface area contributed by atoms with Gasteiger partial charge in [0.1, 0.15) is 5.82 Å². The van der Waals surface area contributed by atoms with E-state index < -0.39 is 0 Å². The van der Waals surface area contributed by atoms with Crippen LogP contribution >= 0.6 is 0 Å². The van der Waals surface area contributed by atoms with Crippen LogP contribution in [0.3, 0.4) is 0 Å². The Labute approximate surface area is 148 Å². The largest absolute Gasteiger partial charge is 0.394 e. The third-order valence-corrected chi connectivity index (χ3v) is 4.57. The number of aromatic nitrogens is 1. The van der Waals surface area contributed by atoms with Crippen molar-refractivity contribution in [2.24, 2.45) is 0 Å². The lowest BCUT2D eigenvalue weighted by molar-refractivity contribution is 0.126. The number of rotatable bonds is 4. The number of aliphatic hydroxyl groups excluding tert-OH is 1. The van der Waals surface area contributed by atoms with Crippen molar-refractivity contribution in [3.05, 3.63) is 59.3 Å². The Morgan fingerprint density at radius 3 is 2.88 bits per heavy atom. The normalized spacial score (nSPS) is 16.3. The van der Waals surface area contributed by atoms with Gasteiger partial charge in [0.05, 0.1) is 12.6 Å². The maximum absolute atomic E-state index is 12.7. The molecule has 25 heavy (non-hydrogen) atoms. The third-order valence-electron chi connectivity index (χ3n) is 4.57. The first-order valence-corrected chi connectivity index (χ1v) is 8.46. The predicted molar refractivity (Wildman–Crippen MR) is 97.5 cm³/mol. The van der Waals surface area contributed by atoms with Crippen molar-refractivity contribution in [2.75, 3.05) is 32.1 Å². The summed E-state index contributed by atoms with van der Waals surface area (Å²) in [6, 6.07) is 11.3. The second kappa shape index (κ2) is 7.53. The molecule has 1 aromatic carbocycles. The van der Waals surface area contributed by atoms with Crippen molar-refractivity contribution >= 4 is 11.8 Å². The minimum atomic E-state index is -0.299. The quantitative estimate of drug-likeness (QED) is 0.893. The molecule has 0 spiro atoms. The molecule has 0 aliphatic carbocycles. The van der Waals surface area contributed by atoms with Gasteiger partial charge < -0.3 is 20.2 Å². The molecule has 3 rings (SSSR count). The van der Waals surface area contributed by atoms with Crippen LogP contribution in [0.2, 0.25) is 0 Å². The number of fused-ring (bicyclic) bond motifs is 1. The summed E-state index contributed by atoms with van der Waals surface area (Å²) in [7, 11) is 3.86. The van der Waals surface area contributed by atoms with Gasteiger partial charge in [-0.05, 0) is 23.6 Å². The number of benzene rings is 1. The lowest BCUT2D eigenvalue weighted by Gasteiger charge is -2.36. The highest BCUT2D eigenvalue weighted by molar-refractivity contribution is 5.75. The van der Waals surface area contributed by atoms with Crippen LogP contribution in [0.4, 0.5) is 10.6 Å². The fourth-order valence-electron chi connectivity index (χ4n) is 3.33. The highest BCUT2D eigenvalue weighted by Gasteiger charge is 2.30. The summed E-state index contributed by atoms with van der Waals surface area (Å²) >= 11 is 0. The molecule has 0 saturated carbocycles. The van der Waals surface area contributed by atoms with Crippen LogP contribution in [0.1, 0.15) is 22.7 Å². The summed E-state index contributed by atoms with van der Waals surface area (Å²) in [5.41, 5.74) is 3.19. The molecular formula is C19H24N4O2. The molecule has 132 valence electrons. The van der Waals surface area contributed by atoms with Gasteiger partial charge in [-0.25, -0.2) is 9.78 Å². The molecule has 0 radical (unpaired) electrons. The molecule has 0 fully saturated rings. The Balaban J connectivity index is 1.72. The average Bonchev–Trinajstić information content (AvgIpc) is 2.65. The fourth-order valence-corrected chi connectivity index (χ4v) is 3.33. The van der Waals surface area contributed by atoms with Crippen molar-refractivity contribution in [3.8, 4) is 0 Å². The molecule has 6 heteroatoms. The molecule has 2 N–H and O–H groups in total. The molecule has 1 aliphatic rings. The van der Waals surface area contributed by atoms with Gasteiger partial charge in [-0.3, -0.25) is 0 Å². The van der Waals surface area contributed by atoms with E-state index in [1.54, 1.807) is 11.1 Å². The minimum absolute atomic E-state index is 0.0831. The zero-order valence-corrected chi connectivity index (χ0v) is 14.6. The van der Waals surface area contributed by atoms with Crippen LogP contribution in [-0.4, -0.2) is 48.3 Å². The summed E-state index contributed by atoms with van der Waals surface area (Å²) in [6.07, 6.45) is 2.54. The zero-order valence-electron chi connectivity index (χ0n) is 14.6. The zero-order chi connectivity index (χ0) is 17.8. The molecule has 1 aliphatic heterocycles. The smallest absolute Gasteiger partial charge is 0.318 e. The Morgan fingerprint density at radius 2 is 2.12 bits per heavy atom. The standard InChI is InChI=1S/C19H24N4O2/c1-22(2)18-15(7-5-10-20-18)12-21-19(25)23-11-9-14-6-3-4-8-16(14)17(23)13-24/h3-8,10,17,24H,9,11-13H2,1-2H3,(H,21,25)/t17-/m1/s1. The van der Waals surface area contributed by atoms with Crippen molar-refractivity contribution in [3.63, 3.8) is 0 Å². The lowest BCUT2D eigenvalue weighted by Crippen LogP contribution is -2.46. The van der Waals surface area contributed by atoms with Gasteiger partial charge in [0, 0.05) is 38.9 Å². The maximum Gasteiger partial charge on any atom is 0.318 e. The second-order valence-electron chi connectivity index (χ2n) is 6.38. The van der Waals surface area contributed by atoms with Crippen molar-refractivity contribution in [2.45, 2.75) is 19.0 Å². The first-order chi connectivity index (χ1) is 12.1. The summed E-state index contributed by atoms with van der Waals surface area (Å²) < 4.78 is 0. The Morgan fingerprint density at radius 1 is 1.32 bits per heavy atom. The second-order valence-corrected chi connectivity index (χ2v) is 6.38. The number of urea groups is 1. The van der Waals surface area contributed by atoms with Crippen LogP contribution < -0.4 is 10.2 Å². The van der Waals surface area contributed by atoms with E-state index in [0.717, 1.165) is 23.4 Å². The van der Waals surface area contributed by atoms with Gasteiger partial charge in [-0.2, -0.15) is 0 Å². The monoisotopic (exact) mass is 340 g/mol. The number of nitrogens with one attached hydrogen (secondary N) is 1. The summed E-state index contributed by atoms with van der Waals surface area (Å²) in [5.74, 6) is 0.838. The summed E-state index contributed by atoms with van der Waals surface area (Å²) in [6.45, 7) is 0.915. The molecule has 2 heterocycles. The van der Waals surface area contributed by atoms with Gasteiger partial charge >= 0.3 is 6.03 Å². The SMILES string of the molecule is CN(C)c1ncccc1CNC(=O)N1CCc2ccccc2[C@H]1CO.